The summed E-state index contributed by atoms with van der Waals surface area (Å²) in [5, 5.41) is 7.14. The molecule has 1 saturated carbocycles. The molecule has 1 atom stereocenters. The van der Waals surface area contributed by atoms with Gasteiger partial charge < -0.3 is 19.9 Å². The van der Waals surface area contributed by atoms with Crippen LogP contribution >= 0.6 is 12.2 Å². The number of aromatic nitrogens is 1. The van der Waals surface area contributed by atoms with Crippen molar-refractivity contribution in [2.75, 3.05) is 13.1 Å². The number of ether oxygens (including phenoxy) is 1. The molecule has 3 fully saturated rings. The number of nitrogens with one attached hydrogen (secondary N) is 3. The zero-order valence-electron chi connectivity index (χ0n) is 26.6. The number of hydrogen-bond donors (Lipinski definition) is 3. The largest absolute Gasteiger partial charge is 0.447 e. The van der Waals surface area contributed by atoms with Crippen molar-refractivity contribution in [3.8, 4) is 11.3 Å². The molecule has 3 heterocycles. The second-order valence-corrected chi connectivity index (χ2v) is 13.9. The molecule has 3 aliphatic rings. The minimum absolute atomic E-state index is 0.0253. The normalized spacial score (nSPS) is 19.0. The van der Waals surface area contributed by atoms with Gasteiger partial charge in [-0.3, -0.25) is 10.1 Å². The second kappa shape index (κ2) is 12.3. The van der Waals surface area contributed by atoms with Crippen LogP contribution in [0.2, 0.25) is 0 Å². The summed E-state index contributed by atoms with van der Waals surface area (Å²) in [6.07, 6.45) is 3.95. The minimum Gasteiger partial charge on any atom is -0.447 e. The van der Waals surface area contributed by atoms with Crippen molar-refractivity contribution >= 4 is 40.2 Å². The second-order valence-electron chi connectivity index (χ2n) is 13.5. The van der Waals surface area contributed by atoms with E-state index in [0.717, 1.165) is 52.7 Å². The molecule has 7 nitrogen and oxygen atoms in total. The van der Waals surface area contributed by atoms with Crippen molar-refractivity contribution in [3.05, 3.63) is 58.7 Å². The van der Waals surface area contributed by atoms with Crippen LogP contribution in [-0.4, -0.2) is 52.2 Å². The van der Waals surface area contributed by atoms with E-state index in [1.165, 1.54) is 24.0 Å². The summed E-state index contributed by atoms with van der Waals surface area (Å²) in [5.41, 5.74) is 7.13. The van der Waals surface area contributed by atoms with E-state index in [1.807, 2.05) is 0 Å². The molecule has 6 rings (SSSR count). The van der Waals surface area contributed by atoms with Gasteiger partial charge in [0, 0.05) is 36.0 Å². The molecule has 230 valence electrons. The molecule has 2 aliphatic heterocycles. The van der Waals surface area contributed by atoms with E-state index in [2.05, 4.69) is 91.5 Å². The van der Waals surface area contributed by atoms with Gasteiger partial charge in [0.25, 0.3) is 0 Å². The van der Waals surface area contributed by atoms with Crippen LogP contribution in [0.15, 0.2) is 36.4 Å². The lowest BCUT2D eigenvalue weighted by atomic mass is 9.76. The molecule has 2 aromatic carbocycles. The first kappa shape index (κ1) is 31.0. The van der Waals surface area contributed by atoms with Gasteiger partial charge in [-0.2, -0.15) is 0 Å². The third kappa shape index (κ3) is 6.59. The van der Waals surface area contributed by atoms with Crippen LogP contribution in [0, 0.1) is 19.8 Å². The number of nitrogens with zero attached hydrogens (tertiary/aromatic N) is 1. The van der Waals surface area contributed by atoms with Crippen LogP contribution in [-0.2, 0) is 14.9 Å². The fourth-order valence-corrected chi connectivity index (χ4v) is 7.15. The zero-order valence-corrected chi connectivity index (χ0v) is 27.4. The van der Waals surface area contributed by atoms with Crippen LogP contribution in [0.1, 0.15) is 88.5 Å². The van der Waals surface area contributed by atoms with Gasteiger partial charge in [0.1, 0.15) is 0 Å². The first-order valence-electron chi connectivity index (χ1n) is 15.6. The van der Waals surface area contributed by atoms with Gasteiger partial charge in [-0.15, -0.1) is 0 Å². The lowest BCUT2D eigenvalue weighted by Crippen LogP contribution is -2.55. The summed E-state index contributed by atoms with van der Waals surface area (Å²) < 4.78 is 5.17. The molecular weight excluding hydrogens is 556 g/mol. The number of aromatic amines is 1. The van der Waals surface area contributed by atoms with E-state index in [1.54, 1.807) is 13.8 Å². The van der Waals surface area contributed by atoms with Gasteiger partial charge >= 0.3 is 6.09 Å². The third-order valence-electron chi connectivity index (χ3n) is 9.20. The number of alkyl carbamates (subject to hydrolysis) is 1. The number of thiocarbonyl (C=S) groups is 1. The fourth-order valence-electron chi connectivity index (χ4n) is 6.99. The number of carbonyl (C=O) groups is 2. The average molecular weight is 603 g/mol. The van der Waals surface area contributed by atoms with Gasteiger partial charge in [-0.05, 0) is 126 Å². The molecule has 0 unspecified atom stereocenters. The average Bonchev–Trinajstić information content (AvgIpc) is 3.34. The van der Waals surface area contributed by atoms with Gasteiger partial charge in [0.15, 0.2) is 5.11 Å². The number of aryl methyl sites for hydroxylation is 2. The van der Waals surface area contributed by atoms with Crippen LogP contribution in [0.25, 0.3) is 22.2 Å². The molecule has 2 saturated heterocycles. The molecule has 1 aliphatic carbocycles. The monoisotopic (exact) mass is 602 g/mol. The van der Waals surface area contributed by atoms with E-state index in [-0.39, 0.29) is 23.0 Å². The maximum Gasteiger partial charge on any atom is 0.413 e. The Labute approximate surface area is 261 Å². The Kier molecular flexibility index (Phi) is 8.89. The highest BCUT2D eigenvalue weighted by atomic mass is 32.1. The number of piperidine rings is 2. The zero-order chi connectivity index (χ0) is 31.1. The van der Waals surface area contributed by atoms with Crippen molar-refractivity contribution < 1.29 is 14.3 Å². The highest BCUT2D eigenvalue weighted by Gasteiger charge is 2.42. The maximum absolute atomic E-state index is 14.0. The summed E-state index contributed by atoms with van der Waals surface area (Å²) in [5.74, 6) is 0.898. The highest BCUT2D eigenvalue weighted by molar-refractivity contribution is 7.80. The Morgan fingerprint density at radius 1 is 1.05 bits per heavy atom. The van der Waals surface area contributed by atoms with E-state index >= 15 is 0 Å². The van der Waals surface area contributed by atoms with Gasteiger partial charge in [0.2, 0.25) is 5.91 Å². The van der Waals surface area contributed by atoms with Crippen molar-refractivity contribution in [1.82, 2.24) is 20.5 Å². The topological polar surface area (TPSA) is 86.5 Å². The first-order chi connectivity index (χ1) is 20.3. The SMILES string of the molecule is Cc1cc(C)cc(-c2[nH]c3ccc(C(C)(C)C(=O)N4CC5CCC4CC5)cc3c2[C@H](C)CNC(=S)NC(=O)OC(C)C)c1. The molecular formula is C35H46N4O3S. The molecule has 8 heteroatoms. The smallest absolute Gasteiger partial charge is 0.413 e. The summed E-state index contributed by atoms with van der Waals surface area (Å²) >= 11 is 5.40. The lowest BCUT2D eigenvalue weighted by molar-refractivity contribution is -0.144. The Balaban J connectivity index is 1.49. The number of rotatable bonds is 7. The number of carbonyl (C=O) groups excluding carboxylic acids is 2. The molecule has 2 bridgehead atoms. The van der Waals surface area contributed by atoms with E-state index in [9.17, 15) is 9.59 Å². The highest BCUT2D eigenvalue weighted by Crippen LogP contribution is 2.41. The first-order valence-corrected chi connectivity index (χ1v) is 16.1. The standard InChI is InChI=1S/C35H46N4O3S/c1-20(2)42-34(41)38-33(43)36-18-23(5)30-28-17-26(35(6,7)32(40)39-19-24-8-11-27(39)12-9-24)10-13-29(28)37-31(30)25-15-21(3)14-22(4)16-25/h10,13-17,20,23-24,27,37H,8-9,11-12,18-19H2,1-7H3,(H2,36,38,41,43)/t23-,24?,27?/m1/s1. The number of hydrogen-bond acceptors (Lipinski definition) is 4. The molecule has 3 aromatic rings. The van der Waals surface area contributed by atoms with Crippen LogP contribution in [0.4, 0.5) is 4.79 Å². The van der Waals surface area contributed by atoms with E-state index in [4.69, 9.17) is 17.0 Å². The quantitative estimate of drug-likeness (QED) is 0.248. The minimum atomic E-state index is -0.649. The van der Waals surface area contributed by atoms with Crippen LogP contribution < -0.4 is 10.6 Å². The molecule has 0 spiro atoms. The predicted molar refractivity (Wildman–Crippen MR) is 177 cm³/mol. The van der Waals surface area contributed by atoms with Gasteiger partial charge in [0.05, 0.1) is 17.2 Å². The number of H-pyrrole nitrogens is 1. The van der Waals surface area contributed by atoms with Gasteiger partial charge in [-0.25, -0.2) is 4.79 Å². The number of fused-ring (bicyclic) bond motifs is 4. The maximum atomic E-state index is 14.0. The van der Waals surface area contributed by atoms with Crippen LogP contribution in [0.5, 0.6) is 0 Å². The van der Waals surface area contributed by atoms with Gasteiger partial charge in [-0.1, -0.05) is 30.2 Å². The molecule has 2 amide bonds. The molecule has 43 heavy (non-hydrogen) atoms. The fraction of sp³-hybridized carbons (Fsp3) is 0.514. The Bertz CT molecular complexity index is 1510. The summed E-state index contributed by atoms with van der Waals surface area (Å²) in [6.45, 7) is 15.5. The predicted octanol–water partition coefficient (Wildman–Crippen LogP) is 7.24. The number of amides is 2. The van der Waals surface area contributed by atoms with Crippen LogP contribution in [0.3, 0.4) is 0 Å². The molecule has 3 N–H and O–H groups in total. The lowest BCUT2D eigenvalue weighted by Gasteiger charge is -2.47. The van der Waals surface area contributed by atoms with Crippen molar-refractivity contribution in [1.29, 1.82) is 0 Å². The Morgan fingerprint density at radius 3 is 2.33 bits per heavy atom. The summed E-state index contributed by atoms with van der Waals surface area (Å²) in [7, 11) is 0. The molecule has 0 radical (unpaired) electrons. The Hall–Kier alpha value is -3.39. The molecule has 1 aromatic heterocycles. The number of benzene rings is 2. The summed E-state index contributed by atoms with van der Waals surface area (Å²) in [6, 6.07) is 13.4. The van der Waals surface area contributed by atoms with Crippen molar-refractivity contribution in [2.45, 2.75) is 97.6 Å². The third-order valence-corrected chi connectivity index (χ3v) is 9.44. The van der Waals surface area contributed by atoms with E-state index < -0.39 is 11.5 Å². The van der Waals surface area contributed by atoms with Crippen molar-refractivity contribution in [3.63, 3.8) is 0 Å². The van der Waals surface area contributed by atoms with E-state index in [0.29, 0.717) is 18.5 Å². The summed E-state index contributed by atoms with van der Waals surface area (Å²) in [4.78, 5) is 32.0. The Morgan fingerprint density at radius 2 is 1.72 bits per heavy atom. The van der Waals surface area contributed by atoms with Crippen molar-refractivity contribution in [2.24, 2.45) is 5.92 Å².